The number of hydrogen-bond donors (Lipinski definition) is 6. The zero-order valence-electron chi connectivity index (χ0n) is 21.3. The molecule has 0 aliphatic carbocycles. The van der Waals surface area contributed by atoms with Crippen LogP contribution in [0, 0.1) is 0 Å². The van der Waals surface area contributed by atoms with Crippen LogP contribution < -0.4 is 16.4 Å². The summed E-state index contributed by atoms with van der Waals surface area (Å²) in [4.78, 5) is 36.0. The normalized spacial score (nSPS) is 26.1. The third-order valence-corrected chi connectivity index (χ3v) is 6.20. The Labute approximate surface area is 208 Å². The van der Waals surface area contributed by atoms with Crippen molar-refractivity contribution in [2.45, 2.75) is 128 Å². The molecule has 204 valence electrons. The van der Waals surface area contributed by atoms with Crippen molar-refractivity contribution in [2.75, 3.05) is 6.61 Å². The van der Waals surface area contributed by atoms with Gasteiger partial charge in [-0.15, -0.1) is 0 Å². The van der Waals surface area contributed by atoms with Crippen LogP contribution in [0.5, 0.6) is 0 Å². The Morgan fingerprint density at radius 2 is 1.57 bits per heavy atom. The lowest BCUT2D eigenvalue weighted by Crippen LogP contribution is -2.65. The zero-order chi connectivity index (χ0) is 26.4. The predicted molar refractivity (Wildman–Crippen MR) is 129 cm³/mol. The Balaban J connectivity index is 2.58. The number of unbranched alkanes of at least 4 members (excludes halogenated alkanes) is 8. The Hall–Kier alpha value is -1.79. The molecule has 1 aliphatic rings. The minimum Gasteiger partial charge on any atom is -0.394 e. The van der Waals surface area contributed by atoms with E-state index in [0.29, 0.717) is 6.42 Å². The van der Waals surface area contributed by atoms with Crippen molar-refractivity contribution in [3.8, 4) is 0 Å². The van der Waals surface area contributed by atoms with E-state index in [9.17, 15) is 29.7 Å². The van der Waals surface area contributed by atoms with Crippen LogP contribution in [0.2, 0.25) is 0 Å². The number of aliphatic hydroxyl groups excluding tert-OH is 3. The molecule has 11 heteroatoms. The van der Waals surface area contributed by atoms with Gasteiger partial charge in [0.15, 0.2) is 6.29 Å². The van der Waals surface area contributed by atoms with Gasteiger partial charge in [-0.05, 0) is 13.3 Å². The SMILES string of the molecule is CCCCCCCCCCCC(=O)N[C@H](C(N)=O)[C@@H](C)O[C@H]1O[C@H](CO)[C@H](O)[C@H](O)[C@H]1NC(C)=O. The molecule has 1 aliphatic heterocycles. The number of rotatable bonds is 17. The summed E-state index contributed by atoms with van der Waals surface area (Å²) in [5.41, 5.74) is 5.48. The highest BCUT2D eigenvalue weighted by molar-refractivity contribution is 5.87. The van der Waals surface area contributed by atoms with Gasteiger partial charge in [0.05, 0.1) is 12.7 Å². The highest BCUT2D eigenvalue weighted by atomic mass is 16.7. The maximum Gasteiger partial charge on any atom is 0.242 e. The van der Waals surface area contributed by atoms with E-state index in [-0.39, 0.29) is 12.3 Å². The minimum absolute atomic E-state index is 0.248. The Kier molecular flexibility index (Phi) is 15.0. The highest BCUT2D eigenvalue weighted by Gasteiger charge is 2.46. The molecule has 7 atom stereocenters. The molecular weight excluding hydrogens is 458 g/mol. The van der Waals surface area contributed by atoms with Gasteiger partial charge in [0.2, 0.25) is 17.7 Å². The molecule has 0 saturated carbocycles. The third-order valence-electron chi connectivity index (χ3n) is 6.20. The average Bonchev–Trinajstić information content (AvgIpc) is 2.80. The molecule has 0 bridgehead atoms. The first kappa shape index (κ1) is 31.2. The van der Waals surface area contributed by atoms with Crippen LogP contribution >= 0.6 is 0 Å². The van der Waals surface area contributed by atoms with Crippen molar-refractivity contribution in [3.63, 3.8) is 0 Å². The molecule has 7 N–H and O–H groups in total. The molecule has 11 nitrogen and oxygen atoms in total. The molecule has 3 amide bonds. The summed E-state index contributed by atoms with van der Waals surface area (Å²) in [6.07, 6.45) is 3.88. The number of hydrogen-bond acceptors (Lipinski definition) is 8. The molecule has 1 saturated heterocycles. The number of ether oxygens (including phenoxy) is 2. The van der Waals surface area contributed by atoms with Crippen molar-refractivity contribution in [3.05, 3.63) is 0 Å². The Bertz CT molecular complexity index is 650. The molecule has 0 unspecified atom stereocenters. The first-order valence-electron chi connectivity index (χ1n) is 12.8. The Morgan fingerprint density at radius 1 is 1.00 bits per heavy atom. The van der Waals surface area contributed by atoms with Gasteiger partial charge in [-0.25, -0.2) is 0 Å². The predicted octanol–water partition coefficient (Wildman–Crippen LogP) is 0.226. The molecule has 0 radical (unpaired) electrons. The third kappa shape index (κ3) is 11.2. The summed E-state index contributed by atoms with van der Waals surface area (Å²) in [5, 5.41) is 34.9. The van der Waals surface area contributed by atoms with Gasteiger partial charge < -0.3 is 41.2 Å². The van der Waals surface area contributed by atoms with Gasteiger partial charge >= 0.3 is 0 Å². The second-order valence-corrected chi connectivity index (χ2v) is 9.30. The summed E-state index contributed by atoms with van der Waals surface area (Å²) in [7, 11) is 0. The van der Waals surface area contributed by atoms with Crippen LogP contribution in [-0.4, -0.2) is 82.4 Å². The fourth-order valence-corrected chi connectivity index (χ4v) is 4.14. The molecule has 0 aromatic carbocycles. The monoisotopic (exact) mass is 503 g/mol. The zero-order valence-corrected chi connectivity index (χ0v) is 21.3. The van der Waals surface area contributed by atoms with Crippen molar-refractivity contribution in [1.29, 1.82) is 0 Å². The molecule has 1 heterocycles. The van der Waals surface area contributed by atoms with Crippen LogP contribution in [0.15, 0.2) is 0 Å². The topological polar surface area (TPSA) is 180 Å². The van der Waals surface area contributed by atoms with Crippen molar-refractivity contribution in [1.82, 2.24) is 10.6 Å². The van der Waals surface area contributed by atoms with Gasteiger partial charge in [0.1, 0.15) is 30.4 Å². The lowest BCUT2D eigenvalue weighted by Gasteiger charge is -2.43. The van der Waals surface area contributed by atoms with Crippen LogP contribution in [0.1, 0.15) is 85.0 Å². The molecule has 0 spiro atoms. The summed E-state index contributed by atoms with van der Waals surface area (Å²) < 4.78 is 11.3. The van der Waals surface area contributed by atoms with Gasteiger partial charge in [-0.2, -0.15) is 0 Å². The van der Waals surface area contributed by atoms with E-state index >= 15 is 0 Å². The quantitative estimate of drug-likeness (QED) is 0.153. The van der Waals surface area contributed by atoms with E-state index in [1.165, 1.54) is 46.0 Å². The van der Waals surface area contributed by atoms with Crippen molar-refractivity contribution >= 4 is 17.7 Å². The van der Waals surface area contributed by atoms with Crippen molar-refractivity contribution < 1.29 is 39.2 Å². The smallest absolute Gasteiger partial charge is 0.242 e. The highest BCUT2D eigenvalue weighted by Crippen LogP contribution is 2.24. The van der Waals surface area contributed by atoms with Crippen molar-refractivity contribution in [2.24, 2.45) is 5.73 Å². The number of aliphatic hydroxyl groups is 3. The molecular formula is C24H45N3O8. The van der Waals surface area contributed by atoms with E-state index in [1.54, 1.807) is 0 Å². The Morgan fingerprint density at radius 3 is 2.09 bits per heavy atom. The molecule has 0 aromatic rings. The number of amides is 3. The number of carbonyl (C=O) groups excluding carboxylic acids is 3. The van der Waals surface area contributed by atoms with Gasteiger partial charge in [-0.1, -0.05) is 58.3 Å². The summed E-state index contributed by atoms with van der Waals surface area (Å²) in [6, 6.07) is -2.35. The van der Waals surface area contributed by atoms with E-state index in [2.05, 4.69) is 17.6 Å². The second-order valence-electron chi connectivity index (χ2n) is 9.30. The van der Waals surface area contributed by atoms with E-state index < -0.39 is 61.2 Å². The van der Waals surface area contributed by atoms with E-state index in [0.717, 1.165) is 19.3 Å². The average molecular weight is 504 g/mol. The summed E-state index contributed by atoms with van der Waals surface area (Å²) >= 11 is 0. The molecule has 1 fully saturated rings. The largest absolute Gasteiger partial charge is 0.394 e. The number of carbonyl (C=O) groups is 3. The maximum absolute atomic E-state index is 12.4. The molecule has 1 rings (SSSR count). The summed E-state index contributed by atoms with van der Waals surface area (Å²) in [6.45, 7) is 4.30. The lowest BCUT2D eigenvalue weighted by molar-refractivity contribution is -0.281. The standard InChI is InChI=1S/C24H45N3O8/c1-4-5-6-7-8-9-10-11-12-13-18(30)27-19(23(25)33)15(2)34-24-20(26-16(3)29)22(32)21(31)17(14-28)35-24/h15,17,19-22,24,28,31-32H,4-14H2,1-3H3,(H2,25,33)(H,26,29)(H,27,30)/t15-,17-,19+,20-,21+,22-,24+/m1/s1. The van der Waals surface area contributed by atoms with Crippen LogP contribution in [0.3, 0.4) is 0 Å². The number of nitrogens with two attached hydrogens (primary N) is 1. The van der Waals surface area contributed by atoms with Crippen LogP contribution in [-0.2, 0) is 23.9 Å². The first-order valence-corrected chi connectivity index (χ1v) is 12.8. The lowest BCUT2D eigenvalue weighted by atomic mass is 9.96. The van der Waals surface area contributed by atoms with E-state index in [4.69, 9.17) is 15.2 Å². The van der Waals surface area contributed by atoms with Crippen LogP contribution in [0.25, 0.3) is 0 Å². The van der Waals surface area contributed by atoms with E-state index in [1.807, 2.05) is 0 Å². The number of nitrogens with one attached hydrogen (secondary N) is 2. The van der Waals surface area contributed by atoms with Gasteiger partial charge in [0, 0.05) is 13.3 Å². The van der Waals surface area contributed by atoms with Gasteiger partial charge in [0.25, 0.3) is 0 Å². The fourth-order valence-electron chi connectivity index (χ4n) is 4.14. The summed E-state index contributed by atoms with van der Waals surface area (Å²) in [5.74, 6) is -1.66. The number of primary amides is 1. The molecule has 35 heavy (non-hydrogen) atoms. The second kappa shape index (κ2) is 16.8. The molecule has 0 aromatic heterocycles. The van der Waals surface area contributed by atoms with Gasteiger partial charge in [-0.3, -0.25) is 14.4 Å². The minimum atomic E-state index is -1.49. The first-order chi connectivity index (χ1) is 16.6. The maximum atomic E-state index is 12.4. The van der Waals surface area contributed by atoms with Crippen LogP contribution in [0.4, 0.5) is 0 Å². The fraction of sp³-hybridized carbons (Fsp3) is 0.875.